The van der Waals surface area contributed by atoms with Gasteiger partial charge in [0.25, 0.3) is 0 Å². The average molecular weight is 566 g/mol. The summed E-state index contributed by atoms with van der Waals surface area (Å²) in [4.78, 5) is 29.5. The van der Waals surface area contributed by atoms with Gasteiger partial charge in [-0.3, -0.25) is 10.1 Å². The quantitative estimate of drug-likeness (QED) is 0.265. The molecule has 9 heteroatoms. The summed E-state index contributed by atoms with van der Waals surface area (Å²) in [5.41, 5.74) is 1.88. The number of nitrogens with zero attached hydrogens (tertiary/aromatic N) is 4. The first-order valence-corrected chi connectivity index (χ1v) is 15.7. The monoisotopic (exact) mass is 565 g/mol. The lowest BCUT2D eigenvalue weighted by molar-refractivity contribution is -0.149. The minimum Gasteiger partial charge on any atom is -0.480 e. The molecule has 0 saturated carbocycles. The molecule has 0 radical (unpaired) electrons. The van der Waals surface area contributed by atoms with Crippen LogP contribution in [0, 0.1) is 11.3 Å². The first-order chi connectivity index (χ1) is 19.6. The number of aromatic nitrogens is 3. The Morgan fingerprint density at radius 3 is 2.51 bits per heavy atom. The smallest absolute Gasteiger partial charge is 0.326 e. The number of carboxylic acid groups (broad SMARTS) is 1. The molecule has 9 nitrogen and oxygen atoms in total. The first-order valence-electron chi connectivity index (χ1n) is 15.7. The van der Waals surface area contributed by atoms with Gasteiger partial charge in [0.2, 0.25) is 0 Å². The Hall–Kier alpha value is -2.94. The molecule has 0 aliphatic carbocycles. The molecule has 4 rings (SSSR count). The molecule has 0 bridgehead atoms. The molecule has 0 aromatic carbocycles. The number of piperidine rings is 1. The van der Waals surface area contributed by atoms with Crippen molar-refractivity contribution in [3.05, 3.63) is 35.3 Å². The van der Waals surface area contributed by atoms with E-state index in [2.05, 4.69) is 58.7 Å². The second-order valence-corrected chi connectivity index (χ2v) is 12.8. The number of aliphatic carboxylic acids is 1. The fourth-order valence-electron chi connectivity index (χ4n) is 6.29. The third-order valence-corrected chi connectivity index (χ3v) is 9.42. The molecule has 0 spiro atoms. The molecule has 1 unspecified atom stereocenters. The van der Waals surface area contributed by atoms with Gasteiger partial charge in [-0.15, -0.1) is 0 Å². The van der Waals surface area contributed by atoms with Gasteiger partial charge in [-0.1, -0.05) is 60.5 Å². The van der Waals surface area contributed by atoms with Crippen LogP contribution < -0.4 is 20.9 Å². The number of rotatable bonds is 12. The highest BCUT2D eigenvalue weighted by molar-refractivity contribution is 5.81. The van der Waals surface area contributed by atoms with Gasteiger partial charge in [0.05, 0.1) is 0 Å². The summed E-state index contributed by atoms with van der Waals surface area (Å²) in [5, 5.41) is 20.9. The van der Waals surface area contributed by atoms with Gasteiger partial charge < -0.3 is 20.6 Å². The molecule has 226 valence electrons. The highest BCUT2D eigenvalue weighted by Gasteiger charge is 2.49. The third kappa shape index (κ3) is 6.76. The predicted octanol–water partition coefficient (Wildman–Crippen LogP) is 5.48. The maximum absolute atomic E-state index is 12.8. The van der Waals surface area contributed by atoms with E-state index in [1.54, 1.807) is 6.33 Å². The van der Waals surface area contributed by atoms with E-state index in [0.717, 1.165) is 81.2 Å². The van der Waals surface area contributed by atoms with Gasteiger partial charge in [-0.2, -0.15) is 0 Å². The van der Waals surface area contributed by atoms with Crippen molar-refractivity contribution < 1.29 is 9.90 Å². The molecular weight excluding hydrogens is 514 g/mol. The molecule has 41 heavy (non-hydrogen) atoms. The molecule has 2 aliphatic rings. The summed E-state index contributed by atoms with van der Waals surface area (Å²) in [7, 11) is 0. The molecule has 1 fully saturated rings. The van der Waals surface area contributed by atoms with Crippen LogP contribution in [0.5, 0.6) is 0 Å². The molecule has 0 amide bonds. The van der Waals surface area contributed by atoms with Gasteiger partial charge in [-0.05, 0) is 61.6 Å². The molecule has 2 aliphatic heterocycles. The van der Waals surface area contributed by atoms with E-state index in [-0.39, 0.29) is 6.54 Å². The Labute approximate surface area is 246 Å². The van der Waals surface area contributed by atoms with Gasteiger partial charge in [-0.25, -0.2) is 15.0 Å². The highest BCUT2D eigenvalue weighted by Crippen LogP contribution is 2.35. The lowest BCUT2D eigenvalue weighted by atomic mass is 9.73. The number of fused-ring (bicyclic) bond motifs is 1. The minimum atomic E-state index is -1.15. The summed E-state index contributed by atoms with van der Waals surface area (Å²) in [6.07, 6.45) is 8.72. The number of aryl methyl sites for hydroxylation is 1. The number of nitrogens with one attached hydrogen (secondary N) is 3. The van der Waals surface area contributed by atoms with Crippen LogP contribution in [0.1, 0.15) is 96.4 Å². The Morgan fingerprint density at radius 1 is 1.15 bits per heavy atom. The lowest BCUT2D eigenvalue weighted by Crippen LogP contribution is -2.65. The number of pyridine rings is 1. The molecule has 2 aromatic rings. The van der Waals surface area contributed by atoms with E-state index in [0.29, 0.717) is 18.4 Å². The molecule has 1 saturated heterocycles. The van der Waals surface area contributed by atoms with E-state index < -0.39 is 16.9 Å². The van der Waals surface area contributed by atoms with Crippen molar-refractivity contribution in [2.24, 2.45) is 11.3 Å². The Kier molecular flexibility index (Phi) is 10.1. The lowest BCUT2D eigenvalue weighted by Gasteiger charge is -2.43. The Bertz CT molecular complexity index is 1170. The fourth-order valence-corrected chi connectivity index (χ4v) is 6.29. The maximum Gasteiger partial charge on any atom is 0.326 e. The summed E-state index contributed by atoms with van der Waals surface area (Å²) in [5.74, 6) is 2.77. The minimum absolute atomic E-state index is 0.232. The topological polar surface area (TPSA) is 115 Å². The largest absolute Gasteiger partial charge is 0.480 e. The van der Waals surface area contributed by atoms with E-state index in [4.69, 9.17) is 9.97 Å². The van der Waals surface area contributed by atoms with Gasteiger partial charge in [0.1, 0.15) is 29.3 Å². The first kappa shape index (κ1) is 31.0. The number of hydrogen-bond donors (Lipinski definition) is 4. The molecule has 1 atom stereocenters. The maximum atomic E-state index is 12.8. The number of carboxylic acids is 1. The van der Waals surface area contributed by atoms with Gasteiger partial charge in [0, 0.05) is 43.4 Å². The second-order valence-electron chi connectivity index (χ2n) is 12.8. The van der Waals surface area contributed by atoms with Crippen LogP contribution >= 0.6 is 0 Å². The van der Waals surface area contributed by atoms with E-state index in [1.807, 2.05) is 20.8 Å². The zero-order valence-corrected chi connectivity index (χ0v) is 26.0. The van der Waals surface area contributed by atoms with Crippen LogP contribution in [0.25, 0.3) is 0 Å². The van der Waals surface area contributed by atoms with E-state index in [9.17, 15) is 9.90 Å². The predicted molar refractivity (Wildman–Crippen MR) is 167 cm³/mol. The SMILES string of the molecule is CCc1c(NCC(NCC(CC)CC)(C(=O)O)C(C)(C)C)ncnc1N1CCC(c2ccc3c(n2)NCCC3)CC1. The van der Waals surface area contributed by atoms with Gasteiger partial charge in [0.15, 0.2) is 0 Å². The standard InChI is InChI=1S/C32H51N7O2/c1-7-22(8-2)19-37-32(30(40)41,31(4,5)6)20-34-28-25(9-3)29(36-21-35-28)39-17-14-23(15-18-39)26-13-12-24-11-10-16-33-27(24)38-26/h12-13,21-23,37H,7-11,14-20H2,1-6H3,(H,33,38)(H,40,41)(H,34,35,36). The van der Waals surface area contributed by atoms with Crippen molar-refractivity contribution in [1.82, 2.24) is 20.3 Å². The molecule has 4 heterocycles. The van der Waals surface area contributed by atoms with Crippen molar-refractivity contribution in [2.45, 2.75) is 97.9 Å². The number of hydrogen-bond acceptors (Lipinski definition) is 8. The van der Waals surface area contributed by atoms with Crippen LogP contribution in [0.3, 0.4) is 0 Å². The van der Waals surface area contributed by atoms with Crippen molar-refractivity contribution in [3.8, 4) is 0 Å². The molecular formula is C32H51N7O2. The zero-order chi connectivity index (χ0) is 29.6. The van der Waals surface area contributed by atoms with Crippen LogP contribution in [0.2, 0.25) is 0 Å². The Morgan fingerprint density at radius 2 is 1.88 bits per heavy atom. The van der Waals surface area contributed by atoms with Gasteiger partial charge >= 0.3 is 5.97 Å². The van der Waals surface area contributed by atoms with E-state index in [1.165, 1.54) is 17.7 Å². The zero-order valence-electron chi connectivity index (χ0n) is 26.0. The number of carbonyl (C=O) groups is 1. The number of anilines is 3. The molecule has 2 aromatic heterocycles. The second kappa shape index (κ2) is 13.4. The van der Waals surface area contributed by atoms with Crippen LogP contribution in [-0.2, 0) is 17.6 Å². The van der Waals surface area contributed by atoms with Crippen molar-refractivity contribution in [3.63, 3.8) is 0 Å². The normalized spacial score (nSPS) is 17.6. The summed E-state index contributed by atoms with van der Waals surface area (Å²) in [6.45, 7) is 16.1. The average Bonchev–Trinajstić information content (AvgIpc) is 2.98. The Balaban J connectivity index is 1.48. The van der Waals surface area contributed by atoms with Crippen molar-refractivity contribution in [2.75, 3.05) is 48.3 Å². The summed E-state index contributed by atoms with van der Waals surface area (Å²) in [6, 6.07) is 4.47. The van der Waals surface area contributed by atoms with Crippen LogP contribution in [-0.4, -0.2) is 64.3 Å². The summed E-state index contributed by atoms with van der Waals surface area (Å²) >= 11 is 0. The highest BCUT2D eigenvalue weighted by atomic mass is 16.4. The van der Waals surface area contributed by atoms with Crippen LogP contribution in [0.4, 0.5) is 17.5 Å². The summed E-state index contributed by atoms with van der Waals surface area (Å²) < 4.78 is 0. The third-order valence-electron chi connectivity index (χ3n) is 9.42. The fraction of sp³-hybridized carbons (Fsp3) is 0.688. The molecule has 4 N–H and O–H groups in total. The van der Waals surface area contributed by atoms with Crippen LogP contribution in [0.15, 0.2) is 18.5 Å². The van der Waals surface area contributed by atoms with Crippen molar-refractivity contribution >= 4 is 23.4 Å². The van der Waals surface area contributed by atoms with E-state index >= 15 is 0 Å². The van der Waals surface area contributed by atoms with Crippen molar-refractivity contribution in [1.29, 1.82) is 0 Å².